The number of aliphatic hydroxyl groups is 3. The summed E-state index contributed by atoms with van der Waals surface area (Å²) in [5, 5.41) is 38.1. The van der Waals surface area contributed by atoms with Gasteiger partial charge in [0.2, 0.25) is 0 Å². The Balaban J connectivity index is 4.90. The minimum absolute atomic E-state index is 0.0159. The first-order valence-corrected chi connectivity index (χ1v) is 5.21. The van der Waals surface area contributed by atoms with Crippen LogP contribution >= 0.6 is 0 Å². The zero-order valence-electron chi connectivity index (χ0n) is 9.97. The quantitative estimate of drug-likeness (QED) is 0.349. The van der Waals surface area contributed by atoms with Crippen molar-refractivity contribution in [3.05, 3.63) is 11.6 Å². The van der Waals surface area contributed by atoms with E-state index in [1.807, 2.05) is 13.8 Å². The van der Waals surface area contributed by atoms with E-state index in [-0.39, 0.29) is 11.5 Å². The zero-order chi connectivity index (χ0) is 13.5. The number of carbonyl (C=O) groups is 1. The second-order valence-corrected chi connectivity index (χ2v) is 4.14. The van der Waals surface area contributed by atoms with E-state index in [2.05, 4.69) is 5.32 Å². The molecule has 4 N–H and O–H groups in total. The Morgan fingerprint density at radius 3 is 2.12 bits per heavy atom. The van der Waals surface area contributed by atoms with Gasteiger partial charge in [0, 0.05) is 0 Å². The lowest BCUT2D eigenvalue weighted by molar-refractivity contribution is -0.121. The van der Waals surface area contributed by atoms with Gasteiger partial charge in [0.15, 0.2) is 0 Å². The molecule has 6 nitrogen and oxygen atoms in total. The lowest BCUT2D eigenvalue weighted by Gasteiger charge is -2.28. The average Bonchev–Trinajstić information content (AvgIpc) is 2.32. The molecule has 0 saturated carbocycles. The average molecular weight is 242 g/mol. The third-order valence-corrected chi connectivity index (χ3v) is 2.15. The van der Waals surface area contributed by atoms with Gasteiger partial charge >= 0.3 is 0 Å². The highest BCUT2D eigenvalue weighted by atomic mass is 16.3. The maximum absolute atomic E-state index is 11.7. The van der Waals surface area contributed by atoms with E-state index in [4.69, 9.17) is 20.6 Å². The molecule has 96 valence electrons. The fourth-order valence-electron chi connectivity index (χ4n) is 1.07. The molecule has 0 aliphatic rings. The number of nitriles is 1. The predicted molar refractivity (Wildman–Crippen MR) is 60.7 cm³/mol. The molecule has 0 aliphatic carbocycles. The minimum Gasteiger partial charge on any atom is -0.394 e. The van der Waals surface area contributed by atoms with Crippen LogP contribution in [-0.2, 0) is 4.79 Å². The molecular formula is C11H18N2O4. The standard InChI is InChI=1S/C11H18N2O4/c1-8(2)3-9(4-12)10(17)13-11(5-14,6-15)7-16/h3,8,14-16H,5-7H2,1-2H3,(H,13,17)/b9-3+. The Morgan fingerprint density at radius 2 is 1.82 bits per heavy atom. The van der Waals surface area contributed by atoms with Crippen LogP contribution in [0.1, 0.15) is 13.8 Å². The van der Waals surface area contributed by atoms with Gasteiger partial charge in [0.1, 0.15) is 17.2 Å². The van der Waals surface area contributed by atoms with Crippen molar-refractivity contribution in [3.63, 3.8) is 0 Å². The molecule has 0 unspecified atom stereocenters. The van der Waals surface area contributed by atoms with E-state index in [1.165, 1.54) is 6.08 Å². The van der Waals surface area contributed by atoms with E-state index in [0.29, 0.717) is 0 Å². The molecule has 0 aromatic carbocycles. The topological polar surface area (TPSA) is 114 Å². The number of rotatable bonds is 6. The van der Waals surface area contributed by atoms with Gasteiger partial charge in [0.05, 0.1) is 19.8 Å². The largest absolute Gasteiger partial charge is 0.394 e. The third kappa shape index (κ3) is 4.53. The molecule has 0 aromatic heterocycles. The van der Waals surface area contributed by atoms with Gasteiger partial charge in [-0.25, -0.2) is 0 Å². The highest BCUT2D eigenvalue weighted by Gasteiger charge is 2.30. The van der Waals surface area contributed by atoms with E-state index in [0.717, 1.165) is 0 Å². The highest BCUT2D eigenvalue weighted by Crippen LogP contribution is 2.06. The Labute approximate surface area is 100 Å². The number of nitrogens with one attached hydrogen (secondary N) is 1. The maximum atomic E-state index is 11.7. The molecule has 6 heteroatoms. The van der Waals surface area contributed by atoms with Gasteiger partial charge in [-0.1, -0.05) is 19.9 Å². The van der Waals surface area contributed by atoms with Crippen LogP contribution < -0.4 is 5.32 Å². The van der Waals surface area contributed by atoms with Crippen molar-refractivity contribution >= 4 is 5.91 Å². The van der Waals surface area contributed by atoms with Crippen LogP contribution in [0.2, 0.25) is 0 Å². The van der Waals surface area contributed by atoms with Crippen molar-refractivity contribution in [2.45, 2.75) is 19.4 Å². The van der Waals surface area contributed by atoms with E-state index >= 15 is 0 Å². The Hall–Kier alpha value is -1.42. The summed E-state index contributed by atoms with van der Waals surface area (Å²) < 4.78 is 0. The lowest BCUT2D eigenvalue weighted by atomic mass is 10.0. The van der Waals surface area contributed by atoms with Crippen LogP contribution in [0.25, 0.3) is 0 Å². The number of hydrogen-bond donors (Lipinski definition) is 4. The third-order valence-electron chi connectivity index (χ3n) is 2.15. The lowest BCUT2D eigenvalue weighted by Crippen LogP contribution is -2.57. The van der Waals surface area contributed by atoms with Gasteiger partial charge in [-0.3, -0.25) is 4.79 Å². The van der Waals surface area contributed by atoms with Crippen molar-refractivity contribution in [2.75, 3.05) is 19.8 Å². The summed E-state index contributed by atoms with van der Waals surface area (Å²) in [7, 11) is 0. The molecule has 0 aromatic rings. The molecule has 0 radical (unpaired) electrons. The smallest absolute Gasteiger partial charge is 0.262 e. The summed E-state index contributed by atoms with van der Waals surface area (Å²) in [6.45, 7) is 1.76. The molecule has 0 atom stereocenters. The number of hydrogen-bond acceptors (Lipinski definition) is 5. The minimum atomic E-state index is -1.51. The van der Waals surface area contributed by atoms with E-state index in [1.54, 1.807) is 6.07 Å². The predicted octanol–water partition coefficient (Wildman–Crippen LogP) is -1.08. The SMILES string of the molecule is CC(C)/C=C(\C#N)C(=O)NC(CO)(CO)CO. The van der Waals surface area contributed by atoms with E-state index in [9.17, 15) is 4.79 Å². The van der Waals surface area contributed by atoms with Gasteiger partial charge in [-0.05, 0) is 5.92 Å². The number of allylic oxidation sites excluding steroid dienone is 1. The summed E-state index contributed by atoms with van der Waals surface area (Å²) in [4.78, 5) is 11.7. The molecule has 1 amide bonds. The second-order valence-electron chi connectivity index (χ2n) is 4.14. The highest BCUT2D eigenvalue weighted by molar-refractivity contribution is 5.97. The van der Waals surface area contributed by atoms with Crippen molar-refractivity contribution in [1.29, 1.82) is 5.26 Å². The molecule has 0 heterocycles. The first kappa shape index (κ1) is 15.6. The van der Waals surface area contributed by atoms with Crippen LogP contribution in [0.5, 0.6) is 0 Å². The normalized spacial score (nSPS) is 12.4. The number of aliphatic hydroxyl groups excluding tert-OH is 3. The zero-order valence-corrected chi connectivity index (χ0v) is 9.97. The summed E-state index contributed by atoms with van der Waals surface area (Å²) in [5.41, 5.74) is -1.62. The Bertz CT molecular complexity index is 319. The van der Waals surface area contributed by atoms with Crippen molar-refractivity contribution in [3.8, 4) is 6.07 Å². The summed E-state index contributed by atoms with van der Waals surface area (Å²) in [6, 6.07) is 1.73. The van der Waals surface area contributed by atoms with Crippen molar-refractivity contribution in [1.82, 2.24) is 5.32 Å². The summed E-state index contributed by atoms with van der Waals surface area (Å²) in [5.74, 6) is -0.708. The van der Waals surface area contributed by atoms with Gasteiger partial charge in [0.25, 0.3) is 5.91 Å². The van der Waals surface area contributed by atoms with Crippen molar-refractivity contribution < 1.29 is 20.1 Å². The first-order valence-electron chi connectivity index (χ1n) is 5.21. The Kier molecular flexibility index (Phi) is 6.43. The van der Waals surface area contributed by atoms with E-state index < -0.39 is 31.3 Å². The molecule has 0 rings (SSSR count). The maximum Gasteiger partial charge on any atom is 0.262 e. The monoisotopic (exact) mass is 242 g/mol. The van der Waals surface area contributed by atoms with Gasteiger partial charge in [-0.15, -0.1) is 0 Å². The van der Waals surface area contributed by atoms with Crippen LogP contribution in [0.3, 0.4) is 0 Å². The fourth-order valence-corrected chi connectivity index (χ4v) is 1.07. The molecule has 17 heavy (non-hydrogen) atoms. The second kappa shape index (κ2) is 7.01. The van der Waals surface area contributed by atoms with Gasteiger partial charge < -0.3 is 20.6 Å². The van der Waals surface area contributed by atoms with Crippen LogP contribution in [0.4, 0.5) is 0 Å². The first-order chi connectivity index (χ1) is 7.94. The number of amides is 1. The number of nitrogens with zero attached hydrogens (tertiary/aromatic N) is 1. The fraction of sp³-hybridized carbons (Fsp3) is 0.636. The van der Waals surface area contributed by atoms with Crippen LogP contribution in [-0.4, -0.2) is 46.6 Å². The summed E-state index contributed by atoms with van der Waals surface area (Å²) in [6.07, 6.45) is 1.46. The molecule has 0 fully saturated rings. The molecular weight excluding hydrogens is 224 g/mol. The number of carbonyl (C=O) groups excluding carboxylic acids is 1. The molecule has 0 bridgehead atoms. The Morgan fingerprint density at radius 1 is 1.35 bits per heavy atom. The van der Waals surface area contributed by atoms with Gasteiger partial charge in [-0.2, -0.15) is 5.26 Å². The summed E-state index contributed by atoms with van der Waals surface area (Å²) >= 11 is 0. The molecule has 0 aliphatic heterocycles. The molecule has 0 saturated heterocycles. The van der Waals surface area contributed by atoms with Crippen molar-refractivity contribution in [2.24, 2.45) is 5.92 Å². The van der Waals surface area contributed by atoms with Crippen LogP contribution in [0.15, 0.2) is 11.6 Å². The molecule has 0 spiro atoms. The van der Waals surface area contributed by atoms with Crippen LogP contribution in [0, 0.1) is 17.2 Å².